The highest BCUT2D eigenvalue weighted by molar-refractivity contribution is 5.92. The van der Waals surface area contributed by atoms with Gasteiger partial charge >= 0.3 is 0 Å². The van der Waals surface area contributed by atoms with Crippen LogP contribution >= 0.6 is 0 Å². The van der Waals surface area contributed by atoms with Gasteiger partial charge in [-0.1, -0.05) is 12.8 Å². The number of amides is 1. The van der Waals surface area contributed by atoms with Crippen molar-refractivity contribution in [2.75, 3.05) is 49.1 Å². The van der Waals surface area contributed by atoms with Crippen molar-refractivity contribution in [3.05, 3.63) is 36.5 Å². The number of carbonyl (C=O) groups excluding carboxylic acids is 1. The van der Waals surface area contributed by atoms with E-state index >= 15 is 0 Å². The van der Waals surface area contributed by atoms with Crippen LogP contribution in [0.5, 0.6) is 0 Å². The van der Waals surface area contributed by atoms with E-state index in [-0.39, 0.29) is 5.91 Å². The second-order valence-corrected chi connectivity index (χ2v) is 6.99. The number of carbonyl (C=O) groups is 1. The van der Waals surface area contributed by atoms with E-state index in [0.717, 1.165) is 32.0 Å². The van der Waals surface area contributed by atoms with Crippen molar-refractivity contribution < 1.29 is 4.79 Å². The third-order valence-electron chi connectivity index (χ3n) is 5.19. The summed E-state index contributed by atoms with van der Waals surface area (Å²) in [6.45, 7) is 4.74. The smallest absolute Gasteiger partial charge is 0.274 e. The molecule has 142 valence electrons. The molecule has 4 rings (SSSR count). The number of rotatable bonds is 3. The lowest BCUT2D eigenvalue weighted by Crippen LogP contribution is -2.49. The summed E-state index contributed by atoms with van der Waals surface area (Å²) < 4.78 is 0. The SMILES string of the molecule is O=C(c1cnc(N2CCCCCC2)cn1)N1CCN(c2ncccn2)CC1. The first-order valence-electron chi connectivity index (χ1n) is 9.69. The standard InChI is InChI=1S/C19H25N7O/c27-18(25-10-12-26(13-11-25)19-20-6-5-7-21-19)16-14-23-17(15-22-16)24-8-3-1-2-4-9-24/h5-7,14-15H,1-4,8-13H2. The fourth-order valence-corrected chi connectivity index (χ4v) is 3.62. The van der Waals surface area contributed by atoms with Gasteiger partial charge in [0, 0.05) is 51.7 Å². The van der Waals surface area contributed by atoms with Gasteiger partial charge in [-0.15, -0.1) is 0 Å². The van der Waals surface area contributed by atoms with Crippen molar-refractivity contribution in [1.29, 1.82) is 0 Å². The molecule has 27 heavy (non-hydrogen) atoms. The minimum atomic E-state index is -0.0569. The molecule has 2 aromatic rings. The predicted octanol–water partition coefficient (Wildman–Crippen LogP) is 1.61. The lowest BCUT2D eigenvalue weighted by Gasteiger charge is -2.34. The molecule has 0 bridgehead atoms. The molecule has 8 nitrogen and oxygen atoms in total. The van der Waals surface area contributed by atoms with Crippen molar-refractivity contribution in [2.24, 2.45) is 0 Å². The van der Waals surface area contributed by atoms with Gasteiger partial charge in [0.1, 0.15) is 11.5 Å². The van der Waals surface area contributed by atoms with E-state index in [1.54, 1.807) is 30.9 Å². The van der Waals surface area contributed by atoms with Crippen LogP contribution in [0.15, 0.2) is 30.9 Å². The van der Waals surface area contributed by atoms with Crippen LogP contribution in [0.1, 0.15) is 36.2 Å². The molecule has 0 atom stereocenters. The van der Waals surface area contributed by atoms with Gasteiger partial charge in [0.15, 0.2) is 0 Å². The molecule has 2 aliphatic rings. The number of aromatic nitrogens is 4. The average molecular weight is 367 g/mol. The van der Waals surface area contributed by atoms with Gasteiger partial charge in [0.05, 0.1) is 12.4 Å². The Labute approximate surface area is 159 Å². The first-order valence-corrected chi connectivity index (χ1v) is 9.69. The van der Waals surface area contributed by atoms with Crippen LogP contribution in [0.4, 0.5) is 11.8 Å². The molecule has 2 aliphatic heterocycles. The predicted molar refractivity (Wildman–Crippen MR) is 103 cm³/mol. The number of nitrogens with zero attached hydrogens (tertiary/aromatic N) is 7. The highest BCUT2D eigenvalue weighted by Gasteiger charge is 2.24. The van der Waals surface area contributed by atoms with Gasteiger partial charge in [-0.25, -0.2) is 19.9 Å². The summed E-state index contributed by atoms with van der Waals surface area (Å²) in [5.41, 5.74) is 0.415. The topological polar surface area (TPSA) is 78.4 Å². The normalized spacial score (nSPS) is 18.3. The van der Waals surface area contributed by atoms with E-state index in [2.05, 4.69) is 29.7 Å². The zero-order valence-electron chi connectivity index (χ0n) is 15.5. The highest BCUT2D eigenvalue weighted by atomic mass is 16.2. The van der Waals surface area contributed by atoms with Crippen LogP contribution in [-0.2, 0) is 0 Å². The summed E-state index contributed by atoms with van der Waals surface area (Å²) in [7, 11) is 0. The first-order chi connectivity index (χ1) is 13.3. The fraction of sp³-hybridized carbons (Fsp3) is 0.526. The summed E-state index contributed by atoms with van der Waals surface area (Å²) in [4.78, 5) is 36.4. The van der Waals surface area contributed by atoms with Crippen molar-refractivity contribution in [3.8, 4) is 0 Å². The molecule has 1 amide bonds. The van der Waals surface area contributed by atoms with Crippen LogP contribution in [0.3, 0.4) is 0 Å². The van der Waals surface area contributed by atoms with Gasteiger partial charge in [-0.05, 0) is 18.9 Å². The van der Waals surface area contributed by atoms with Gasteiger partial charge in [-0.2, -0.15) is 0 Å². The molecular formula is C19H25N7O. The Morgan fingerprint density at radius 3 is 2.07 bits per heavy atom. The van der Waals surface area contributed by atoms with Gasteiger partial charge < -0.3 is 14.7 Å². The summed E-state index contributed by atoms with van der Waals surface area (Å²) in [5.74, 6) is 1.53. The maximum Gasteiger partial charge on any atom is 0.274 e. The van der Waals surface area contributed by atoms with Gasteiger partial charge in [-0.3, -0.25) is 4.79 Å². The van der Waals surface area contributed by atoms with Crippen molar-refractivity contribution >= 4 is 17.7 Å². The zero-order chi connectivity index (χ0) is 18.5. The Hall–Kier alpha value is -2.77. The van der Waals surface area contributed by atoms with E-state index in [9.17, 15) is 4.79 Å². The Morgan fingerprint density at radius 1 is 0.741 bits per heavy atom. The van der Waals surface area contributed by atoms with Crippen LogP contribution in [0.25, 0.3) is 0 Å². The number of hydrogen-bond acceptors (Lipinski definition) is 7. The average Bonchev–Trinajstić information content (AvgIpc) is 3.04. The minimum Gasteiger partial charge on any atom is -0.355 e. The molecule has 2 aromatic heterocycles. The third kappa shape index (κ3) is 4.15. The van der Waals surface area contributed by atoms with Crippen LogP contribution in [0.2, 0.25) is 0 Å². The molecule has 2 fully saturated rings. The summed E-state index contributed by atoms with van der Waals surface area (Å²) >= 11 is 0. The van der Waals surface area contributed by atoms with E-state index in [1.807, 2.05) is 4.90 Å². The summed E-state index contributed by atoms with van der Waals surface area (Å²) in [6, 6.07) is 1.80. The molecule has 0 radical (unpaired) electrons. The molecule has 2 saturated heterocycles. The number of piperazine rings is 1. The highest BCUT2D eigenvalue weighted by Crippen LogP contribution is 2.17. The van der Waals surface area contributed by atoms with Gasteiger partial charge in [0.2, 0.25) is 5.95 Å². The monoisotopic (exact) mass is 367 g/mol. The van der Waals surface area contributed by atoms with Crippen LogP contribution in [-0.4, -0.2) is 70.0 Å². The van der Waals surface area contributed by atoms with Crippen LogP contribution < -0.4 is 9.80 Å². The van der Waals surface area contributed by atoms with Crippen LogP contribution in [0, 0.1) is 0 Å². The molecule has 0 unspecified atom stereocenters. The lowest BCUT2D eigenvalue weighted by atomic mass is 10.2. The molecule has 0 spiro atoms. The Bertz CT molecular complexity index is 736. The summed E-state index contributed by atoms with van der Waals surface area (Å²) in [6.07, 6.45) is 11.8. The Balaban J connectivity index is 1.36. The molecular weight excluding hydrogens is 342 g/mol. The first kappa shape index (κ1) is 17.6. The van der Waals surface area contributed by atoms with E-state index in [1.165, 1.54) is 25.7 Å². The van der Waals surface area contributed by atoms with E-state index in [4.69, 9.17) is 0 Å². The van der Waals surface area contributed by atoms with Gasteiger partial charge in [0.25, 0.3) is 5.91 Å². The lowest BCUT2D eigenvalue weighted by molar-refractivity contribution is 0.0740. The second kappa shape index (κ2) is 8.28. The van der Waals surface area contributed by atoms with E-state index in [0.29, 0.717) is 24.7 Å². The molecule has 0 aliphatic carbocycles. The van der Waals surface area contributed by atoms with Crippen molar-refractivity contribution in [2.45, 2.75) is 25.7 Å². The minimum absolute atomic E-state index is 0.0569. The maximum atomic E-state index is 12.7. The molecule has 4 heterocycles. The Kier molecular flexibility index (Phi) is 5.41. The molecule has 0 saturated carbocycles. The number of hydrogen-bond donors (Lipinski definition) is 0. The van der Waals surface area contributed by atoms with E-state index < -0.39 is 0 Å². The summed E-state index contributed by atoms with van der Waals surface area (Å²) in [5, 5.41) is 0. The molecule has 8 heteroatoms. The Morgan fingerprint density at radius 2 is 1.44 bits per heavy atom. The molecule has 0 N–H and O–H groups in total. The largest absolute Gasteiger partial charge is 0.355 e. The van der Waals surface area contributed by atoms with Crippen molar-refractivity contribution in [1.82, 2.24) is 24.8 Å². The molecule has 0 aromatic carbocycles. The van der Waals surface area contributed by atoms with Crippen molar-refractivity contribution in [3.63, 3.8) is 0 Å². The third-order valence-corrected chi connectivity index (χ3v) is 5.19. The maximum absolute atomic E-state index is 12.7. The second-order valence-electron chi connectivity index (χ2n) is 6.99. The quantitative estimate of drug-likeness (QED) is 0.815. The fourth-order valence-electron chi connectivity index (χ4n) is 3.62. The number of anilines is 2. The zero-order valence-corrected chi connectivity index (χ0v) is 15.5.